The molecule has 0 bridgehead atoms. The minimum Gasteiger partial charge on any atom is -0.504 e. The summed E-state index contributed by atoms with van der Waals surface area (Å²) >= 11 is 6.42. The Morgan fingerprint density at radius 2 is 1.94 bits per heavy atom. The topological polar surface area (TPSA) is 122 Å². The molecule has 7 nitrogen and oxygen atoms in total. The molecular formula is C24H20ClN3O4. The number of aryl methyl sites for hydroxylation is 2. The van der Waals surface area contributed by atoms with Crippen molar-refractivity contribution in [2.45, 2.75) is 25.8 Å². The summed E-state index contributed by atoms with van der Waals surface area (Å²) in [6, 6.07) is 15.3. The molecular weight excluding hydrogens is 430 g/mol. The zero-order valence-corrected chi connectivity index (χ0v) is 17.9. The van der Waals surface area contributed by atoms with E-state index in [4.69, 9.17) is 22.1 Å². The zero-order chi connectivity index (χ0) is 23.0. The number of ether oxygens (including phenoxy) is 1. The fourth-order valence-corrected chi connectivity index (χ4v) is 4.19. The number of aromatic hydroxyl groups is 2. The van der Waals surface area contributed by atoms with E-state index in [0.29, 0.717) is 40.6 Å². The van der Waals surface area contributed by atoms with E-state index in [1.54, 1.807) is 47.9 Å². The number of phenolic OH excluding ortho intramolecular Hbond substituents is 2. The molecule has 3 aromatic rings. The summed E-state index contributed by atoms with van der Waals surface area (Å²) in [5.41, 5.74) is 8.13. The van der Waals surface area contributed by atoms with Gasteiger partial charge in [-0.2, -0.15) is 5.26 Å². The Hall–Kier alpha value is -3.89. The number of aromatic nitrogens is 1. The maximum Gasteiger partial charge on any atom is 0.258 e. The van der Waals surface area contributed by atoms with E-state index >= 15 is 0 Å². The Balaban J connectivity index is 1.82. The van der Waals surface area contributed by atoms with E-state index in [2.05, 4.69) is 6.07 Å². The maximum atomic E-state index is 13.6. The van der Waals surface area contributed by atoms with Crippen LogP contribution in [0.5, 0.6) is 17.2 Å². The normalized spacial score (nSPS) is 15.1. The monoisotopic (exact) mass is 449 g/mol. The first-order valence-corrected chi connectivity index (χ1v) is 10.3. The van der Waals surface area contributed by atoms with Gasteiger partial charge >= 0.3 is 0 Å². The average Bonchev–Trinajstić information content (AvgIpc) is 2.75. The van der Waals surface area contributed by atoms with E-state index in [0.717, 1.165) is 5.56 Å². The number of benzene rings is 2. The molecule has 1 aromatic heterocycles. The predicted molar refractivity (Wildman–Crippen MR) is 120 cm³/mol. The largest absolute Gasteiger partial charge is 0.504 e. The van der Waals surface area contributed by atoms with Crippen LogP contribution < -0.4 is 16.0 Å². The quantitative estimate of drug-likeness (QED) is 0.522. The molecule has 0 saturated carbocycles. The van der Waals surface area contributed by atoms with Crippen molar-refractivity contribution >= 4 is 11.6 Å². The molecule has 2 aromatic carbocycles. The smallest absolute Gasteiger partial charge is 0.258 e. The van der Waals surface area contributed by atoms with Gasteiger partial charge in [-0.15, -0.1) is 0 Å². The Morgan fingerprint density at radius 3 is 2.62 bits per heavy atom. The van der Waals surface area contributed by atoms with Crippen molar-refractivity contribution in [2.24, 2.45) is 5.73 Å². The molecule has 1 atom stereocenters. The summed E-state index contributed by atoms with van der Waals surface area (Å²) in [4.78, 5) is 13.6. The van der Waals surface area contributed by atoms with Crippen molar-refractivity contribution in [1.82, 2.24) is 4.57 Å². The minimum absolute atomic E-state index is 0.0546. The lowest BCUT2D eigenvalue weighted by Crippen LogP contribution is -2.33. The van der Waals surface area contributed by atoms with Crippen molar-refractivity contribution in [3.8, 4) is 23.3 Å². The Bertz CT molecular complexity index is 1350. The third-order valence-corrected chi connectivity index (χ3v) is 5.91. The van der Waals surface area contributed by atoms with Crippen LogP contribution in [0.1, 0.15) is 28.3 Å². The Labute approximate surface area is 189 Å². The van der Waals surface area contributed by atoms with Gasteiger partial charge < -0.3 is 25.3 Å². The summed E-state index contributed by atoms with van der Waals surface area (Å²) in [7, 11) is 0. The summed E-state index contributed by atoms with van der Waals surface area (Å²) in [6.07, 6.45) is 0.439. The van der Waals surface area contributed by atoms with Crippen LogP contribution in [0.25, 0.3) is 0 Å². The molecule has 1 aliphatic rings. The number of allylic oxidation sites excluding steroid dienone is 1. The first kappa shape index (κ1) is 21.3. The van der Waals surface area contributed by atoms with Crippen LogP contribution in [0.2, 0.25) is 5.02 Å². The SMILES string of the molecule is Cc1cc2c(c(=O)n1CCc1ccc(O)c(O)c1)[C@@H](c1ccccc1Cl)C(C#N)=C(N)O2. The van der Waals surface area contributed by atoms with Crippen LogP contribution in [-0.2, 0) is 13.0 Å². The van der Waals surface area contributed by atoms with Gasteiger partial charge in [0.2, 0.25) is 5.88 Å². The minimum atomic E-state index is -0.755. The Morgan fingerprint density at radius 1 is 1.19 bits per heavy atom. The fraction of sp³-hybridized carbons (Fsp3) is 0.167. The number of hydrogen-bond acceptors (Lipinski definition) is 6. The summed E-state index contributed by atoms with van der Waals surface area (Å²) in [5.74, 6) is -0.935. The van der Waals surface area contributed by atoms with Gasteiger partial charge in [-0.05, 0) is 42.7 Å². The molecule has 0 saturated heterocycles. The van der Waals surface area contributed by atoms with Crippen LogP contribution in [0.3, 0.4) is 0 Å². The molecule has 0 radical (unpaired) electrons. The number of nitrogens with zero attached hydrogens (tertiary/aromatic N) is 2. The molecule has 0 amide bonds. The third kappa shape index (κ3) is 3.66. The van der Waals surface area contributed by atoms with Crippen LogP contribution in [0, 0.1) is 18.3 Å². The zero-order valence-electron chi connectivity index (χ0n) is 17.2. The summed E-state index contributed by atoms with van der Waals surface area (Å²) in [6.45, 7) is 2.10. The number of phenols is 2. The molecule has 1 aliphatic heterocycles. The molecule has 2 heterocycles. The highest BCUT2D eigenvalue weighted by Gasteiger charge is 2.35. The number of rotatable bonds is 4. The number of halogens is 1. The van der Waals surface area contributed by atoms with E-state index in [9.17, 15) is 20.3 Å². The summed E-state index contributed by atoms with van der Waals surface area (Å²) in [5, 5.41) is 29.4. The highest BCUT2D eigenvalue weighted by atomic mass is 35.5. The first-order valence-electron chi connectivity index (χ1n) is 9.89. The average molecular weight is 450 g/mol. The maximum absolute atomic E-state index is 13.6. The van der Waals surface area contributed by atoms with Gasteiger partial charge in [0.25, 0.3) is 5.56 Å². The highest BCUT2D eigenvalue weighted by Crippen LogP contribution is 2.42. The van der Waals surface area contributed by atoms with Crippen molar-refractivity contribution in [3.63, 3.8) is 0 Å². The third-order valence-electron chi connectivity index (χ3n) is 5.57. The Kier molecular flexibility index (Phi) is 5.56. The van der Waals surface area contributed by atoms with E-state index in [1.807, 2.05) is 0 Å². The lowest BCUT2D eigenvalue weighted by Gasteiger charge is -2.27. The van der Waals surface area contributed by atoms with Gasteiger partial charge in [0.15, 0.2) is 11.5 Å². The van der Waals surface area contributed by atoms with Crippen molar-refractivity contribution in [3.05, 3.63) is 97.7 Å². The van der Waals surface area contributed by atoms with E-state index in [1.165, 1.54) is 12.1 Å². The second kappa shape index (κ2) is 8.33. The second-order valence-electron chi connectivity index (χ2n) is 7.54. The lowest BCUT2D eigenvalue weighted by molar-refractivity contribution is 0.388. The molecule has 4 rings (SSSR count). The number of nitrogens with two attached hydrogens (primary N) is 1. The number of pyridine rings is 1. The van der Waals surface area contributed by atoms with Gasteiger partial charge in [0.1, 0.15) is 17.4 Å². The number of fused-ring (bicyclic) bond motifs is 1. The molecule has 8 heteroatoms. The number of nitriles is 1. The van der Waals surface area contributed by atoms with Crippen molar-refractivity contribution in [1.29, 1.82) is 5.26 Å². The lowest BCUT2D eigenvalue weighted by atomic mass is 9.84. The van der Waals surface area contributed by atoms with Crippen molar-refractivity contribution < 1.29 is 14.9 Å². The number of hydrogen-bond donors (Lipinski definition) is 3. The molecule has 0 aliphatic carbocycles. The van der Waals surface area contributed by atoms with Gasteiger partial charge in [-0.3, -0.25) is 4.79 Å². The predicted octanol–water partition coefficient (Wildman–Crippen LogP) is 3.68. The second-order valence-corrected chi connectivity index (χ2v) is 7.95. The highest BCUT2D eigenvalue weighted by molar-refractivity contribution is 6.31. The van der Waals surface area contributed by atoms with Gasteiger partial charge in [-0.25, -0.2) is 0 Å². The fourth-order valence-electron chi connectivity index (χ4n) is 3.95. The van der Waals surface area contributed by atoms with Crippen LogP contribution >= 0.6 is 11.6 Å². The van der Waals surface area contributed by atoms with Crippen molar-refractivity contribution in [2.75, 3.05) is 0 Å². The first-order chi connectivity index (χ1) is 15.3. The molecule has 4 N–H and O–H groups in total. The van der Waals surface area contributed by atoms with Crippen LogP contribution in [0.4, 0.5) is 0 Å². The summed E-state index contributed by atoms with van der Waals surface area (Å²) < 4.78 is 7.24. The molecule has 162 valence electrons. The molecule has 0 fully saturated rings. The molecule has 0 unspecified atom stereocenters. The van der Waals surface area contributed by atoms with Gasteiger partial charge in [0, 0.05) is 23.3 Å². The molecule has 0 spiro atoms. The van der Waals surface area contributed by atoms with Crippen LogP contribution in [0.15, 0.2) is 64.8 Å². The van der Waals surface area contributed by atoms with Gasteiger partial charge in [-0.1, -0.05) is 35.9 Å². The standard InChI is InChI=1S/C24H20ClN3O4/c1-13-10-20-22(24(31)28(13)9-8-14-6-7-18(29)19(30)11-14)21(16(12-26)23(27)32-20)15-4-2-3-5-17(15)25/h2-7,10-11,21,29-30H,8-9,27H2,1H3/t21-/m0/s1. The van der Waals surface area contributed by atoms with E-state index in [-0.39, 0.29) is 28.5 Å². The molecule has 32 heavy (non-hydrogen) atoms. The van der Waals surface area contributed by atoms with E-state index < -0.39 is 5.92 Å². The van der Waals surface area contributed by atoms with Gasteiger partial charge in [0.05, 0.1) is 11.5 Å². The van der Waals surface area contributed by atoms with Crippen LogP contribution in [-0.4, -0.2) is 14.8 Å².